The van der Waals surface area contributed by atoms with Crippen LogP contribution >= 0.6 is 0 Å². The maximum absolute atomic E-state index is 13.7. The summed E-state index contributed by atoms with van der Waals surface area (Å²) in [5.74, 6) is 0.921. The average molecular weight is 390 g/mol. The van der Waals surface area contributed by atoms with E-state index in [4.69, 9.17) is 0 Å². The third kappa shape index (κ3) is 3.70. The molecule has 5 nitrogen and oxygen atoms in total. The normalized spacial score (nSPS) is 35.1. The van der Waals surface area contributed by atoms with Crippen LogP contribution in [0, 0.1) is 11.1 Å². The zero-order chi connectivity index (χ0) is 18.9. The van der Waals surface area contributed by atoms with Gasteiger partial charge in [0, 0.05) is 38.0 Å². The summed E-state index contributed by atoms with van der Waals surface area (Å²) >= 11 is -1.79. The van der Waals surface area contributed by atoms with E-state index in [0.717, 1.165) is 37.4 Å². The molecule has 2 aliphatic heterocycles. The second kappa shape index (κ2) is 8.21. The summed E-state index contributed by atoms with van der Waals surface area (Å²) in [4.78, 5) is 2.59. The van der Waals surface area contributed by atoms with Gasteiger partial charge < -0.3 is 9.76 Å². The smallest absolute Gasteiger partial charge is 0.310 e. The van der Waals surface area contributed by atoms with Crippen molar-refractivity contribution in [2.75, 3.05) is 13.1 Å². The molecule has 1 saturated carbocycles. The van der Waals surface area contributed by atoms with Gasteiger partial charge in [-0.15, -0.1) is 4.05 Å². The first-order valence-corrected chi connectivity index (χ1v) is 11.6. The van der Waals surface area contributed by atoms with Crippen LogP contribution in [0.2, 0.25) is 0 Å². The zero-order valence-corrected chi connectivity index (χ0v) is 17.1. The van der Waals surface area contributed by atoms with Crippen molar-refractivity contribution in [1.82, 2.24) is 8.95 Å². The number of hydrogen-bond donors (Lipinski definition) is 0. The van der Waals surface area contributed by atoms with Crippen molar-refractivity contribution in [2.45, 2.75) is 70.4 Å². The van der Waals surface area contributed by atoms with Crippen LogP contribution in [-0.4, -0.2) is 40.8 Å². The molecule has 1 aliphatic carbocycles. The largest absolute Gasteiger partial charge is 0.579 e. The topological polar surface area (TPSA) is 61.7 Å². The van der Waals surface area contributed by atoms with Crippen LogP contribution in [0.5, 0.6) is 0 Å². The number of likely N-dealkylation sites (tertiary alicyclic amines) is 1. The molecule has 2 atom stereocenters. The molecule has 3 aliphatic rings. The summed E-state index contributed by atoms with van der Waals surface area (Å²) in [7, 11) is 0. The van der Waals surface area contributed by atoms with E-state index in [1.54, 1.807) is 6.21 Å². The standard InChI is InChI=1S/C21H31N3O2S/c1-2-5-17-8-10-19(11-9-17)23-14-12-20(13-15-23)24(25)21-7-4-3-6-18(21)16-22-27(24)26/h3-4,6-7,16-17,19-20H,2,5,8-15H2,1H3. The average Bonchev–Trinajstić information content (AvgIpc) is 2.72. The fourth-order valence-corrected chi connectivity index (χ4v) is 6.40. The molecule has 0 aromatic heterocycles. The van der Waals surface area contributed by atoms with Gasteiger partial charge in [-0.05, 0) is 42.1 Å². The van der Waals surface area contributed by atoms with Gasteiger partial charge in [-0.25, -0.2) is 0 Å². The van der Waals surface area contributed by atoms with Crippen molar-refractivity contribution in [3.63, 3.8) is 0 Å². The van der Waals surface area contributed by atoms with Crippen molar-refractivity contribution >= 4 is 23.4 Å². The number of rotatable bonds is 4. The second-order valence-corrected chi connectivity index (χ2v) is 9.57. The van der Waals surface area contributed by atoms with Gasteiger partial charge in [0.1, 0.15) is 6.04 Å². The van der Waals surface area contributed by atoms with Crippen molar-refractivity contribution in [3.8, 4) is 0 Å². The molecule has 1 saturated heterocycles. The molecule has 2 heterocycles. The lowest BCUT2D eigenvalue weighted by Crippen LogP contribution is -2.60. The minimum atomic E-state index is -1.79. The molecule has 6 heteroatoms. The molecule has 0 bridgehead atoms. The number of para-hydroxylation sites is 1. The van der Waals surface area contributed by atoms with Crippen molar-refractivity contribution < 1.29 is 4.55 Å². The molecule has 0 radical (unpaired) electrons. The molecule has 2 fully saturated rings. The summed E-state index contributed by atoms with van der Waals surface area (Å²) in [6.45, 7) is 4.17. The van der Waals surface area contributed by atoms with Gasteiger partial charge in [-0.3, -0.25) is 4.90 Å². The van der Waals surface area contributed by atoms with E-state index >= 15 is 0 Å². The molecule has 0 N–H and O–H groups in total. The minimum Gasteiger partial charge on any atom is -0.579 e. The highest BCUT2D eigenvalue weighted by Crippen LogP contribution is 2.40. The first-order valence-electron chi connectivity index (χ1n) is 10.5. The van der Waals surface area contributed by atoms with Gasteiger partial charge in [0.15, 0.2) is 5.69 Å². The Balaban J connectivity index is 1.40. The van der Waals surface area contributed by atoms with Crippen LogP contribution in [0.3, 0.4) is 0 Å². The quantitative estimate of drug-likeness (QED) is 0.437. The molecule has 0 spiro atoms. The van der Waals surface area contributed by atoms with E-state index in [0.29, 0.717) is 11.7 Å². The minimum absolute atomic E-state index is 0.169. The van der Waals surface area contributed by atoms with Crippen LogP contribution in [0.4, 0.5) is 5.69 Å². The van der Waals surface area contributed by atoms with Crippen LogP contribution in [0.1, 0.15) is 63.9 Å². The molecule has 1 aromatic rings. The van der Waals surface area contributed by atoms with Crippen molar-refractivity contribution in [1.29, 1.82) is 0 Å². The maximum atomic E-state index is 13.7. The summed E-state index contributed by atoms with van der Waals surface area (Å²) < 4.78 is 15.9. The fourth-order valence-electron chi connectivity index (χ4n) is 5.26. The number of benzene rings is 1. The summed E-state index contributed by atoms with van der Waals surface area (Å²) in [6.07, 6.45) is 11.2. The maximum Gasteiger partial charge on any atom is 0.310 e. The molecule has 4 rings (SSSR count). The van der Waals surface area contributed by atoms with E-state index in [1.807, 2.05) is 24.3 Å². The Kier molecular flexibility index (Phi) is 5.90. The highest BCUT2D eigenvalue weighted by molar-refractivity contribution is 7.90. The Morgan fingerprint density at radius 1 is 1.11 bits per heavy atom. The lowest BCUT2D eigenvalue weighted by atomic mass is 9.82. The van der Waals surface area contributed by atoms with E-state index in [9.17, 15) is 9.76 Å². The third-order valence-electron chi connectivity index (χ3n) is 6.80. The molecular formula is C21H31N3O2S. The Hall–Kier alpha value is -0.920. The Morgan fingerprint density at radius 2 is 1.81 bits per heavy atom. The van der Waals surface area contributed by atoms with E-state index in [-0.39, 0.29) is 6.04 Å². The van der Waals surface area contributed by atoms with Gasteiger partial charge in [0.05, 0.1) is 11.8 Å². The van der Waals surface area contributed by atoms with E-state index in [2.05, 4.69) is 16.2 Å². The third-order valence-corrected chi connectivity index (χ3v) is 8.04. The molecule has 2 unspecified atom stereocenters. The van der Waals surface area contributed by atoms with Gasteiger partial charge >= 0.3 is 11.5 Å². The highest BCUT2D eigenvalue weighted by atomic mass is 32.2. The SMILES string of the molecule is CCCC1CCC(N2CCC([N+]3([O-])c4ccccc4C=N[S+]3[O-])CC2)CC1. The predicted molar refractivity (Wildman–Crippen MR) is 113 cm³/mol. The zero-order valence-electron chi connectivity index (χ0n) is 16.3. The first-order chi connectivity index (χ1) is 13.1. The number of piperidine rings is 1. The Labute approximate surface area is 166 Å². The lowest BCUT2D eigenvalue weighted by Gasteiger charge is -2.48. The van der Waals surface area contributed by atoms with E-state index < -0.39 is 15.6 Å². The van der Waals surface area contributed by atoms with E-state index in [1.165, 1.54) is 38.5 Å². The fraction of sp³-hybridized carbons (Fsp3) is 0.667. The monoisotopic (exact) mass is 389 g/mol. The number of fused-ring (bicyclic) bond motifs is 1. The van der Waals surface area contributed by atoms with Gasteiger partial charge in [0.25, 0.3) is 0 Å². The van der Waals surface area contributed by atoms with Crippen LogP contribution in [-0.2, 0) is 11.5 Å². The van der Waals surface area contributed by atoms with Gasteiger partial charge in [-0.1, -0.05) is 31.9 Å². The molecule has 1 aromatic carbocycles. The van der Waals surface area contributed by atoms with Crippen molar-refractivity contribution in [2.24, 2.45) is 10.3 Å². The van der Waals surface area contributed by atoms with Crippen molar-refractivity contribution in [3.05, 3.63) is 35.0 Å². The van der Waals surface area contributed by atoms with Gasteiger partial charge in [0.2, 0.25) is 0 Å². The van der Waals surface area contributed by atoms with Gasteiger partial charge in [-0.2, -0.15) is 0 Å². The number of hydroxylamine groups is 1. The first kappa shape index (κ1) is 19.4. The summed E-state index contributed by atoms with van der Waals surface area (Å²) in [5.41, 5.74) is 1.42. The molecular weight excluding hydrogens is 358 g/mol. The number of hydrogen-bond acceptors (Lipinski definition) is 4. The lowest BCUT2D eigenvalue weighted by molar-refractivity contribution is 0.0926. The highest BCUT2D eigenvalue weighted by Gasteiger charge is 2.48. The molecule has 0 amide bonds. The Morgan fingerprint density at radius 3 is 2.52 bits per heavy atom. The van der Waals surface area contributed by atoms with Crippen LogP contribution in [0.15, 0.2) is 28.7 Å². The summed E-state index contributed by atoms with van der Waals surface area (Å²) in [6, 6.07) is 8.00. The number of nitrogens with zero attached hydrogens (tertiary/aromatic N) is 3. The number of quaternary nitrogens is 1. The Bertz CT molecular complexity index is 669. The molecule has 148 valence electrons. The summed E-state index contributed by atoms with van der Waals surface area (Å²) in [5, 5.41) is 13.7. The second-order valence-electron chi connectivity index (χ2n) is 8.35. The van der Waals surface area contributed by atoms with Crippen LogP contribution < -0.4 is 4.05 Å². The molecule has 27 heavy (non-hydrogen) atoms. The predicted octanol–water partition coefficient (Wildman–Crippen LogP) is 4.33. The van der Waals surface area contributed by atoms with Crippen LogP contribution in [0.25, 0.3) is 0 Å².